The summed E-state index contributed by atoms with van der Waals surface area (Å²) in [4.78, 5) is 10.7. The van der Waals surface area contributed by atoms with Crippen LogP contribution in [0.3, 0.4) is 0 Å². The number of methoxy groups -OCH3 is 1. The molecule has 2 N–H and O–H groups in total. The normalized spacial score (nSPS) is 14.3. The summed E-state index contributed by atoms with van der Waals surface area (Å²) < 4.78 is 4.97. The van der Waals surface area contributed by atoms with Crippen LogP contribution in [-0.4, -0.2) is 28.9 Å². The van der Waals surface area contributed by atoms with E-state index in [1.165, 1.54) is 6.92 Å². The fourth-order valence-electron chi connectivity index (χ4n) is 1.22. The van der Waals surface area contributed by atoms with Crippen molar-refractivity contribution in [3.05, 3.63) is 29.8 Å². The smallest absolute Gasteiger partial charge is 0.335 e. The Labute approximate surface area is 88.1 Å². The second-order valence-corrected chi connectivity index (χ2v) is 3.60. The van der Waals surface area contributed by atoms with Crippen LogP contribution in [0.2, 0.25) is 0 Å². The standard InChI is InChI=1S/C11H14O4/c1-11(14,10(12)13)7-8-3-5-9(15-2)6-4-8/h3-6,14H,7H2,1-2H3,(H,12,13)/t11-/m1/s1. The number of rotatable bonds is 4. The molecule has 0 bridgehead atoms. The molecule has 0 radical (unpaired) electrons. The number of aliphatic carboxylic acids is 1. The third-order valence-electron chi connectivity index (χ3n) is 2.17. The highest BCUT2D eigenvalue weighted by molar-refractivity contribution is 5.76. The van der Waals surface area contributed by atoms with Gasteiger partial charge < -0.3 is 14.9 Å². The Balaban J connectivity index is 2.77. The molecule has 0 aliphatic rings. The molecule has 0 aliphatic carbocycles. The van der Waals surface area contributed by atoms with Gasteiger partial charge in [0, 0.05) is 6.42 Å². The highest BCUT2D eigenvalue weighted by atomic mass is 16.5. The molecule has 0 saturated carbocycles. The van der Waals surface area contributed by atoms with Gasteiger partial charge in [0.05, 0.1) is 7.11 Å². The largest absolute Gasteiger partial charge is 0.497 e. The summed E-state index contributed by atoms with van der Waals surface area (Å²) in [6.07, 6.45) is 0.0757. The average Bonchev–Trinajstić information content (AvgIpc) is 2.18. The molecule has 1 aromatic carbocycles. The third kappa shape index (κ3) is 2.95. The van der Waals surface area contributed by atoms with E-state index in [-0.39, 0.29) is 6.42 Å². The molecule has 4 heteroatoms. The molecule has 82 valence electrons. The molecule has 15 heavy (non-hydrogen) atoms. The molecule has 0 amide bonds. The predicted molar refractivity (Wildman–Crippen MR) is 55.0 cm³/mol. The van der Waals surface area contributed by atoms with Crippen molar-refractivity contribution in [1.82, 2.24) is 0 Å². The number of hydrogen-bond acceptors (Lipinski definition) is 3. The fourth-order valence-corrected chi connectivity index (χ4v) is 1.22. The minimum Gasteiger partial charge on any atom is -0.497 e. The minimum atomic E-state index is -1.73. The second kappa shape index (κ2) is 4.31. The van der Waals surface area contributed by atoms with Crippen molar-refractivity contribution < 1.29 is 19.7 Å². The van der Waals surface area contributed by atoms with Gasteiger partial charge in [-0.3, -0.25) is 0 Å². The van der Waals surface area contributed by atoms with Gasteiger partial charge in [0.2, 0.25) is 0 Å². The van der Waals surface area contributed by atoms with E-state index >= 15 is 0 Å². The molecule has 4 nitrogen and oxygen atoms in total. The molecular formula is C11H14O4. The predicted octanol–water partition coefficient (Wildman–Crippen LogP) is 1.07. The van der Waals surface area contributed by atoms with Crippen molar-refractivity contribution in [2.24, 2.45) is 0 Å². The van der Waals surface area contributed by atoms with Crippen LogP contribution in [0.1, 0.15) is 12.5 Å². The molecule has 0 aliphatic heterocycles. The zero-order valence-corrected chi connectivity index (χ0v) is 8.73. The highest BCUT2D eigenvalue weighted by Gasteiger charge is 2.29. The van der Waals surface area contributed by atoms with E-state index in [1.54, 1.807) is 31.4 Å². The van der Waals surface area contributed by atoms with Gasteiger partial charge >= 0.3 is 5.97 Å². The van der Waals surface area contributed by atoms with Crippen molar-refractivity contribution in [3.63, 3.8) is 0 Å². The monoisotopic (exact) mass is 210 g/mol. The van der Waals surface area contributed by atoms with E-state index in [0.29, 0.717) is 5.75 Å². The summed E-state index contributed by atoms with van der Waals surface area (Å²) in [6.45, 7) is 1.28. The SMILES string of the molecule is COc1ccc(C[C@@](C)(O)C(=O)O)cc1. The molecule has 0 spiro atoms. The maximum absolute atomic E-state index is 10.7. The van der Waals surface area contributed by atoms with Gasteiger partial charge in [-0.15, -0.1) is 0 Å². The second-order valence-electron chi connectivity index (χ2n) is 3.60. The van der Waals surface area contributed by atoms with Crippen molar-refractivity contribution in [2.75, 3.05) is 7.11 Å². The molecule has 0 saturated heterocycles. The zero-order valence-electron chi connectivity index (χ0n) is 8.73. The summed E-state index contributed by atoms with van der Waals surface area (Å²) >= 11 is 0. The van der Waals surface area contributed by atoms with E-state index in [2.05, 4.69) is 0 Å². The van der Waals surface area contributed by atoms with Gasteiger partial charge in [-0.25, -0.2) is 4.79 Å². The lowest BCUT2D eigenvalue weighted by Gasteiger charge is -2.17. The van der Waals surface area contributed by atoms with Crippen molar-refractivity contribution >= 4 is 5.97 Å². The Morgan fingerprint density at radius 3 is 2.33 bits per heavy atom. The lowest BCUT2D eigenvalue weighted by atomic mass is 9.97. The van der Waals surface area contributed by atoms with E-state index in [4.69, 9.17) is 9.84 Å². The molecule has 0 heterocycles. The Morgan fingerprint density at radius 2 is 1.93 bits per heavy atom. The van der Waals surface area contributed by atoms with Crippen LogP contribution >= 0.6 is 0 Å². The maximum Gasteiger partial charge on any atom is 0.335 e. The first-order valence-electron chi connectivity index (χ1n) is 4.54. The minimum absolute atomic E-state index is 0.0757. The van der Waals surface area contributed by atoms with E-state index in [9.17, 15) is 9.90 Å². The van der Waals surface area contributed by atoms with Gasteiger partial charge in [0.1, 0.15) is 5.75 Å². The highest BCUT2D eigenvalue weighted by Crippen LogP contribution is 2.17. The van der Waals surface area contributed by atoms with Crippen LogP contribution in [0.15, 0.2) is 24.3 Å². The Hall–Kier alpha value is -1.55. The zero-order chi connectivity index (χ0) is 11.5. The molecule has 1 atom stereocenters. The first-order valence-corrected chi connectivity index (χ1v) is 4.54. The quantitative estimate of drug-likeness (QED) is 0.780. The third-order valence-corrected chi connectivity index (χ3v) is 2.17. The fraction of sp³-hybridized carbons (Fsp3) is 0.364. The van der Waals surface area contributed by atoms with Crippen molar-refractivity contribution in [2.45, 2.75) is 18.9 Å². The van der Waals surface area contributed by atoms with Gasteiger partial charge in [0.25, 0.3) is 0 Å². The molecule has 1 aromatic rings. The van der Waals surface area contributed by atoms with E-state index in [0.717, 1.165) is 5.56 Å². The van der Waals surface area contributed by atoms with Crippen LogP contribution in [0, 0.1) is 0 Å². The van der Waals surface area contributed by atoms with Crippen LogP contribution in [0.4, 0.5) is 0 Å². The van der Waals surface area contributed by atoms with Crippen LogP contribution in [0.5, 0.6) is 5.75 Å². The van der Waals surface area contributed by atoms with Crippen molar-refractivity contribution in [3.8, 4) is 5.75 Å². The molecule has 0 unspecified atom stereocenters. The Morgan fingerprint density at radius 1 is 1.40 bits per heavy atom. The lowest BCUT2D eigenvalue weighted by molar-refractivity contribution is -0.156. The lowest BCUT2D eigenvalue weighted by Crippen LogP contribution is -2.37. The number of carboxylic acid groups (broad SMARTS) is 1. The molecular weight excluding hydrogens is 196 g/mol. The van der Waals surface area contributed by atoms with Gasteiger partial charge in [-0.1, -0.05) is 12.1 Å². The first-order chi connectivity index (χ1) is 6.95. The average molecular weight is 210 g/mol. The van der Waals surface area contributed by atoms with Gasteiger partial charge in [-0.2, -0.15) is 0 Å². The summed E-state index contributed by atoms with van der Waals surface area (Å²) in [5.74, 6) is -0.521. The Bertz CT molecular complexity index is 340. The van der Waals surface area contributed by atoms with Gasteiger partial charge in [0.15, 0.2) is 5.60 Å². The number of aliphatic hydroxyl groups is 1. The van der Waals surface area contributed by atoms with Crippen LogP contribution in [-0.2, 0) is 11.2 Å². The van der Waals surface area contributed by atoms with Crippen LogP contribution in [0.25, 0.3) is 0 Å². The first kappa shape index (κ1) is 11.5. The van der Waals surface area contributed by atoms with Gasteiger partial charge in [-0.05, 0) is 24.6 Å². The number of ether oxygens (including phenoxy) is 1. The summed E-state index contributed by atoms with van der Waals surface area (Å²) in [5, 5.41) is 18.3. The van der Waals surface area contributed by atoms with E-state index in [1.807, 2.05) is 0 Å². The summed E-state index contributed by atoms with van der Waals surface area (Å²) in [7, 11) is 1.56. The number of benzene rings is 1. The Kier molecular flexibility index (Phi) is 3.31. The van der Waals surface area contributed by atoms with Crippen molar-refractivity contribution in [1.29, 1.82) is 0 Å². The number of carbonyl (C=O) groups is 1. The molecule has 0 fully saturated rings. The number of hydrogen-bond donors (Lipinski definition) is 2. The number of carboxylic acids is 1. The topological polar surface area (TPSA) is 66.8 Å². The molecule has 1 rings (SSSR count). The summed E-state index contributed by atoms with van der Waals surface area (Å²) in [6, 6.07) is 6.92. The summed E-state index contributed by atoms with van der Waals surface area (Å²) in [5.41, 5.74) is -0.975. The van der Waals surface area contributed by atoms with E-state index < -0.39 is 11.6 Å². The van der Waals surface area contributed by atoms with Crippen LogP contribution < -0.4 is 4.74 Å². The molecule has 0 aromatic heterocycles. The maximum atomic E-state index is 10.7.